The Bertz CT molecular complexity index is 475. The first-order chi connectivity index (χ1) is 6.22. The van der Waals surface area contributed by atoms with Crippen molar-refractivity contribution in [2.24, 2.45) is 5.18 Å². The zero-order valence-corrected chi connectivity index (χ0v) is 6.48. The molecule has 3 N–H and O–H groups in total. The van der Waals surface area contributed by atoms with E-state index in [0.717, 1.165) is 0 Å². The summed E-state index contributed by atoms with van der Waals surface area (Å²) in [5.74, 6) is -0.289. The standard InChI is InChI=1S/C8H6N2O3/c11-7-5-2-1-4(10-13)3-6(5)8(12)9-7/h1-3,9,11-12H. The van der Waals surface area contributed by atoms with E-state index in [4.69, 9.17) is 0 Å². The third kappa shape index (κ3) is 1.01. The zero-order valence-electron chi connectivity index (χ0n) is 6.48. The Kier molecular flexibility index (Phi) is 1.45. The lowest BCUT2D eigenvalue weighted by molar-refractivity contribution is 0.429. The third-order valence-electron chi connectivity index (χ3n) is 1.86. The molecule has 0 bridgehead atoms. The number of nitrogens with zero attached hydrogens (tertiary/aromatic N) is 1. The maximum Gasteiger partial charge on any atom is 0.199 e. The van der Waals surface area contributed by atoms with Gasteiger partial charge in [0.15, 0.2) is 11.8 Å². The van der Waals surface area contributed by atoms with E-state index in [1.807, 2.05) is 0 Å². The first-order valence-electron chi connectivity index (χ1n) is 3.59. The molecule has 0 aliphatic rings. The van der Waals surface area contributed by atoms with Crippen LogP contribution in [0.15, 0.2) is 23.4 Å². The van der Waals surface area contributed by atoms with E-state index in [2.05, 4.69) is 10.2 Å². The Morgan fingerprint density at radius 3 is 2.54 bits per heavy atom. The fraction of sp³-hybridized carbons (Fsp3) is 0. The summed E-state index contributed by atoms with van der Waals surface area (Å²) >= 11 is 0. The summed E-state index contributed by atoms with van der Waals surface area (Å²) in [7, 11) is 0. The van der Waals surface area contributed by atoms with Crippen LogP contribution in [0.25, 0.3) is 10.8 Å². The van der Waals surface area contributed by atoms with Crippen molar-refractivity contribution in [1.29, 1.82) is 0 Å². The number of aromatic amines is 1. The maximum atomic E-state index is 10.2. The van der Waals surface area contributed by atoms with Gasteiger partial charge < -0.3 is 10.2 Å². The molecule has 66 valence electrons. The lowest BCUT2D eigenvalue weighted by atomic mass is 10.2. The molecule has 1 aromatic carbocycles. The largest absolute Gasteiger partial charge is 0.494 e. The van der Waals surface area contributed by atoms with E-state index in [0.29, 0.717) is 10.8 Å². The molecule has 0 radical (unpaired) electrons. The van der Waals surface area contributed by atoms with Crippen LogP contribution < -0.4 is 0 Å². The van der Waals surface area contributed by atoms with Crippen molar-refractivity contribution in [3.05, 3.63) is 23.1 Å². The first kappa shape index (κ1) is 7.60. The lowest BCUT2D eigenvalue weighted by Crippen LogP contribution is -1.65. The molecule has 0 amide bonds. The van der Waals surface area contributed by atoms with Crippen LogP contribution in [0.3, 0.4) is 0 Å². The molecule has 0 saturated heterocycles. The molecule has 0 spiro atoms. The second-order valence-corrected chi connectivity index (χ2v) is 2.64. The normalized spacial score (nSPS) is 10.5. The SMILES string of the molecule is O=Nc1ccc2c(O)[nH]c(O)c2c1. The number of aromatic hydroxyl groups is 2. The molecule has 0 aliphatic carbocycles. The van der Waals surface area contributed by atoms with E-state index in [1.54, 1.807) is 0 Å². The summed E-state index contributed by atoms with van der Waals surface area (Å²) in [6.45, 7) is 0. The zero-order chi connectivity index (χ0) is 9.42. The highest BCUT2D eigenvalue weighted by atomic mass is 16.3. The van der Waals surface area contributed by atoms with Crippen molar-refractivity contribution >= 4 is 16.5 Å². The van der Waals surface area contributed by atoms with Gasteiger partial charge >= 0.3 is 0 Å². The van der Waals surface area contributed by atoms with E-state index < -0.39 is 0 Å². The minimum atomic E-state index is -0.169. The molecule has 0 saturated carbocycles. The summed E-state index contributed by atoms with van der Waals surface area (Å²) in [6.07, 6.45) is 0. The van der Waals surface area contributed by atoms with E-state index in [1.165, 1.54) is 18.2 Å². The fourth-order valence-electron chi connectivity index (χ4n) is 1.24. The Hall–Kier alpha value is -2.04. The smallest absolute Gasteiger partial charge is 0.199 e. The summed E-state index contributed by atoms with van der Waals surface area (Å²) in [6, 6.07) is 4.37. The van der Waals surface area contributed by atoms with Crippen molar-refractivity contribution in [3.63, 3.8) is 0 Å². The minimum absolute atomic E-state index is 0.120. The van der Waals surface area contributed by atoms with E-state index in [-0.39, 0.29) is 17.4 Å². The second kappa shape index (κ2) is 2.48. The quantitative estimate of drug-likeness (QED) is 0.583. The summed E-state index contributed by atoms with van der Waals surface area (Å²) in [4.78, 5) is 12.5. The van der Waals surface area contributed by atoms with Crippen LogP contribution in [0.1, 0.15) is 0 Å². The number of nitroso groups, excluding NO2 is 1. The monoisotopic (exact) mass is 178 g/mol. The highest BCUT2D eigenvalue weighted by Crippen LogP contribution is 2.34. The summed E-state index contributed by atoms with van der Waals surface area (Å²) < 4.78 is 0. The van der Waals surface area contributed by atoms with Gasteiger partial charge in [-0.3, -0.25) is 4.98 Å². The van der Waals surface area contributed by atoms with Crippen LogP contribution in [0.5, 0.6) is 11.8 Å². The van der Waals surface area contributed by atoms with Gasteiger partial charge in [0.2, 0.25) is 0 Å². The number of aromatic nitrogens is 1. The van der Waals surface area contributed by atoms with Crippen molar-refractivity contribution in [2.45, 2.75) is 0 Å². The van der Waals surface area contributed by atoms with Gasteiger partial charge in [-0.05, 0) is 23.4 Å². The number of fused-ring (bicyclic) bond motifs is 1. The van der Waals surface area contributed by atoms with Crippen molar-refractivity contribution < 1.29 is 10.2 Å². The van der Waals surface area contributed by atoms with Crippen molar-refractivity contribution in [2.75, 3.05) is 0 Å². The Labute approximate surface area is 72.6 Å². The molecule has 0 atom stereocenters. The number of rotatable bonds is 1. The molecular formula is C8H6N2O3. The molecule has 0 unspecified atom stereocenters. The second-order valence-electron chi connectivity index (χ2n) is 2.64. The Morgan fingerprint density at radius 1 is 1.15 bits per heavy atom. The van der Waals surface area contributed by atoms with E-state index >= 15 is 0 Å². The van der Waals surface area contributed by atoms with Gasteiger partial charge in [0.05, 0.1) is 0 Å². The van der Waals surface area contributed by atoms with Gasteiger partial charge in [-0.2, -0.15) is 0 Å². The number of H-pyrrole nitrogens is 1. The predicted octanol–water partition coefficient (Wildman–Crippen LogP) is 1.98. The molecule has 5 nitrogen and oxygen atoms in total. The van der Waals surface area contributed by atoms with Gasteiger partial charge in [0, 0.05) is 10.8 Å². The lowest BCUT2D eigenvalue weighted by Gasteiger charge is -1.90. The van der Waals surface area contributed by atoms with Crippen molar-refractivity contribution in [1.82, 2.24) is 4.98 Å². The van der Waals surface area contributed by atoms with Gasteiger partial charge in [0.25, 0.3) is 0 Å². The highest BCUT2D eigenvalue weighted by molar-refractivity contribution is 5.94. The number of nitrogens with one attached hydrogen (secondary N) is 1. The van der Waals surface area contributed by atoms with Crippen LogP contribution in [0, 0.1) is 4.91 Å². The minimum Gasteiger partial charge on any atom is -0.494 e. The molecule has 13 heavy (non-hydrogen) atoms. The van der Waals surface area contributed by atoms with Crippen LogP contribution >= 0.6 is 0 Å². The average Bonchev–Trinajstić information content (AvgIpc) is 2.42. The van der Waals surface area contributed by atoms with Gasteiger partial charge in [-0.15, -0.1) is 4.91 Å². The first-order valence-corrected chi connectivity index (χ1v) is 3.59. The fourth-order valence-corrected chi connectivity index (χ4v) is 1.24. The number of benzene rings is 1. The number of hydrogen-bond donors (Lipinski definition) is 3. The molecule has 1 heterocycles. The van der Waals surface area contributed by atoms with Gasteiger partial charge in [-0.25, -0.2) is 0 Å². The van der Waals surface area contributed by atoms with Crippen molar-refractivity contribution in [3.8, 4) is 11.8 Å². The topological polar surface area (TPSA) is 85.7 Å². The molecule has 5 heteroatoms. The third-order valence-corrected chi connectivity index (χ3v) is 1.86. The molecule has 2 rings (SSSR count). The van der Waals surface area contributed by atoms with Crippen LogP contribution in [0.2, 0.25) is 0 Å². The molecule has 1 aromatic heterocycles. The Balaban J connectivity index is 2.83. The summed E-state index contributed by atoms with van der Waals surface area (Å²) in [5.41, 5.74) is 0.210. The maximum absolute atomic E-state index is 10.2. The summed E-state index contributed by atoms with van der Waals surface area (Å²) in [5, 5.41) is 22.0. The molecule has 0 aliphatic heterocycles. The highest BCUT2D eigenvalue weighted by Gasteiger charge is 2.08. The average molecular weight is 178 g/mol. The van der Waals surface area contributed by atoms with Gasteiger partial charge in [-0.1, -0.05) is 0 Å². The van der Waals surface area contributed by atoms with E-state index in [9.17, 15) is 15.1 Å². The van der Waals surface area contributed by atoms with Gasteiger partial charge in [0.1, 0.15) is 5.69 Å². The predicted molar refractivity (Wildman–Crippen MR) is 47.1 cm³/mol. The Morgan fingerprint density at radius 2 is 1.85 bits per heavy atom. The van der Waals surface area contributed by atoms with Crippen LogP contribution in [-0.2, 0) is 0 Å². The van der Waals surface area contributed by atoms with Crippen LogP contribution in [-0.4, -0.2) is 15.2 Å². The molecule has 2 aromatic rings. The molecular weight excluding hydrogens is 172 g/mol. The number of hydrogen-bond acceptors (Lipinski definition) is 4. The molecule has 0 fully saturated rings. The van der Waals surface area contributed by atoms with Crippen LogP contribution in [0.4, 0.5) is 5.69 Å².